The van der Waals surface area contributed by atoms with Gasteiger partial charge in [0.15, 0.2) is 5.82 Å². The summed E-state index contributed by atoms with van der Waals surface area (Å²) in [4.78, 5) is 13.1. The van der Waals surface area contributed by atoms with Crippen LogP contribution in [0.25, 0.3) is 32.9 Å². The molecule has 3 heterocycles. The number of pyridine rings is 1. The first kappa shape index (κ1) is 21.7. The van der Waals surface area contributed by atoms with Crippen molar-refractivity contribution in [1.82, 2.24) is 24.7 Å². The van der Waals surface area contributed by atoms with Gasteiger partial charge in [0.2, 0.25) is 0 Å². The van der Waals surface area contributed by atoms with Gasteiger partial charge >= 0.3 is 0 Å². The Kier molecular flexibility index (Phi) is 5.77. The summed E-state index contributed by atoms with van der Waals surface area (Å²) in [5.74, 6) is 0.593. The predicted octanol–water partition coefficient (Wildman–Crippen LogP) is 4.87. The smallest absolute Gasteiger partial charge is 0.156 e. The van der Waals surface area contributed by atoms with E-state index in [0.717, 1.165) is 11.1 Å². The SMILES string of the molecule is COC[C@@H](C)Oc1cc(-c2cnn(C)c2)cc2ncnc(Nc3ccc4ncccc4c3F)c12. The highest BCUT2D eigenvalue weighted by atomic mass is 19.1. The van der Waals surface area contributed by atoms with Crippen molar-refractivity contribution in [2.45, 2.75) is 13.0 Å². The third-order valence-electron chi connectivity index (χ3n) is 5.44. The van der Waals surface area contributed by atoms with Crippen LogP contribution in [-0.2, 0) is 11.8 Å². The zero-order chi connectivity index (χ0) is 23.7. The van der Waals surface area contributed by atoms with Crippen LogP contribution in [0.1, 0.15) is 6.92 Å². The number of fused-ring (bicyclic) bond motifs is 2. The van der Waals surface area contributed by atoms with E-state index in [4.69, 9.17) is 9.47 Å². The molecule has 0 aliphatic rings. The van der Waals surface area contributed by atoms with E-state index in [1.807, 2.05) is 32.3 Å². The normalized spacial score (nSPS) is 12.2. The Labute approximate surface area is 195 Å². The van der Waals surface area contributed by atoms with Crippen LogP contribution in [0.5, 0.6) is 5.75 Å². The predicted molar refractivity (Wildman–Crippen MR) is 129 cm³/mol. The van der Waals surface area contributed by atoms with Crippen molar-refractivity contribution >= 4 is 33.3 Å². The van der Waals surface area contributed by atoms with E-state index in [1.54, 1.807) is 48.5 Å². The van der Waals surface area contributed by atoms with Gasteiger partial charge in [-0.05, 0) is 48.9 Å². The van der Waals surface area contributed by atoms with Gasteiger partial charge in [-0.1, -0.05) is 0 Å². The molecule has 172 valence electrons. The van der Waals surface area contributed by atoms with E-state index < -0.39 is 5.82 Å². The minimum atomic E-state index is -0.403. The molecule has 0 radical (unpaired) electrons. The number of halogens is 1. The van der Waals surface area contributed by atoms with Crippen molar-refractivity contribution in [1.29, 1.82) is 0 Å². The Morgan fingerprint density at radius 3 is 2.76 bits per heavy atom. The summed E-state index contributed by atoms with van der Waals surface area (Å²) in [5, 5.41) is 8.47. The summed E-state index contributed by atoms with van der Waals surface area (Å²) in [6, 6.07) is 10.7. The maximum atomic E-state index is 15.3. The van der Waals surface area contributed by atoms with E-state index in [0.29, 0.717) is 40.0 Å². The Bertz CT molecular complexity index is 1490. The summed E-state index contributed by atoms with van der Waals surface area (Å²) >= 11 is 0. The molecule has 9 heteroatoms. The average molecular weight is 458 g/mol. The third kappa shape index (κ3) is 4.13. The molecule has 2 aromatic carbocycles. The molecule has 0 bridgehead atoms. The molecule has 0 amide bonds. The van der Waals surface area contributed by atoms with Gasteiger partial charge in [0.1, 0.15) is 24.0 Å². The van der Waals surface area contributed by atoms with Crippen LogP contribution in [0.3, 0.4) is 0 Å². The molecule has 0 spiro atoms. The fraction of sp³-hybridized carbons (Fsp3) is 0.200. The number of hydrogen-bond donors (Lipinski definition) is 1. The van der Waals surface area contributed by atoms with E-state index in [9.17, 15) is 0 Å². The van der Waals surface area contributed by atoms with Crippen LogP contribution in [0.2, 0.25) is 0 Å². The van der Waals surface area contributed by atoms with Crippen molar-refractivity contribution in [2.24, 2.45) is 7.05 Å². The fourth-order valence-corrected chi connectivity index (χ4v) is 3.90. The minimum Gasteiger partial charge on any atom is -0.487 e. The van der Waals surface area contributed by atoms with Crippen molar-refractivity contribution in [3.05, 3.63) is 67.1 Å². The summed E-state index contributed by atoms with van der Waals surface area (Å²) in [5.41, 5.74) is 3.34. The second-order valence-corrected chi connectivity index (χ2v) is 8.00. The lowest BCUT2D eigenvalue weighted by Crippen LogP contribution is -2.18. The molecule has 0 saturated heterocycles. The highest BCUT2D eigenvalue weighted by Crippen LogP contribution is 2.37. The van der Waals surface area contributed by atoms with Crippen LogP contribution in [-0.4, -0.2) is 44.6 Å². The first-order valence-corrected chi connectivity index (χ1v) is 10.8. The van der Waals surface area contributed by atoms with Crippen molar-refractivity contribution in [3.63, 3.8) is 0 Å². The molecule has 34 heavy (non-hydrogen) atoms. The zero-order valence-electron chi connectivity index (χ0n) is 19.0. The summed E-state index contributed by atoms with van der Waals surface area (Å²) in [6.45, 7) is 2.32. The maximum Gasteiger partial charge on any atom is 0.156 e. The third-order valence-corrected chi connectivity index (χ3v) is 5.44. The summed E-state index contributed by atoms with van der Waals surface area (Å²) in [6.07, 6.45) is 6.55. The molecule has 1 atom stereocenters. The number of ether oxygens (including phenoxy) is 2. The number of nitrogens with one attached hydrogen (secondary N) is 1. The second kappa shape index (κ2) is 9.03. The average Bonchev–Trinajstić information content (AvgIpc) is 3.27. The Hall–Kier alpha value is -4.11. The highest BCUT2D eigenvalue weighted by molar-refractivity contribution is 5.99. The van der Waals surface area contributed by atoms with Gasteiger partial charge < -0.3 is 14.8 Å². The number of aromatic nitrogens is 5. The monoisotopic (exact) mass is 458 g/mol. The summed E-state index contributed by atoms with van der Waals surface area (Å²) < 4.78 is 28.5. The van der Waals surface area contributed by atoms with E-state index in [1.165, 1.54) is 6.33 Å². The molecule has 5 rings (SSSR count). The molecule has 0 fully saturated rings. The van der Waals surface area contributed by atoms with Crippen molar-refractivity contribution in [3.8, 4) is 16.9 Å². The van der Waals surface area contributed by atoms with Gasteiger partial charge in [-0.2, -0.15) is 5.10 Å². The lowest BCUT2D eigenvalue weighted by atomic mass is 10.1. The molecular formula is C25H23FN6O2. The number of anilines is 2. The lowest BCUT2D eigenvalue weighted by Gasteiger charge is -2.18. The van der Waals surface area contributed by atoms with Gasteiger partial charge in [0.05, 0.1) is 34.9 Å². The topological polar surface area (TPSA) is 87.0 Å². The summed E-state index contributed by atoms with van der Waals surface area (Å²) in [7, 11) is 3.48. The Morgan fingerprint density at radius 1 is 1.09 bits per heavy atom. The number of nitrogens with zero attached hydrogens (tertiary/aromatic N) is 5. The number of methoxy groups -OCH3 is 1. The zero-order valence-corrected chi connectivity index (χ0v) is 19.0. The maximum absolute atomic E-state index is 15.3. The molecule has 3 aromatic heterocycles. The molecule has 0 aliphatic heterocycles. The number of benzene rings is 2. The molecular weight excluding hydrogens is 435 g/mol. The Balaban J connectivity index is 1.64. The van der Waals surface area contributed by atoms with Gasteiger partial charge in [-0.3, -0.25) is 9.67 Å². The second-order valence-electron chi connectivity index (χ2n) is 8.00. The first-order chi connectivity index (χ1) is 16.5. The van der Waals surface area contributed by atoms with E-state index in [2.05, 4.69) is 25.4 Å². The molecule has 5 aromatic rings. The van der Waals surface area contributed by atoms with Crippen LogP contribution in [0, 0.1) is 5.82 Å². The number of aryl methyl sites for hydroxylation is 1. The highest BCUT2D eigenvalue weighted by Gasteiger charge is 2.18. The van der Waals surface area contributed by atoms with Crippen LogP contribution in [0.4, 0.5) is 15.9 Å². The minimum absolute atomic E-state index is 0.228. The largest absolute Gasteiger partial charge is 0.487 e. The van der Waals surface area contributed by atoms with Crippen LogP contribution >= 0.6 is 0 Å². The standard InChI is InChI=1S/C25H23FN6O2/c1-15(13-33-3)34-22-10-16(17-11-30-32(2)12-17)9-21-23(22)25(29-14-28-21)31-20-7-6-19-18(24(20)26)5-4-8-27-19/h4-12,14-15H,13H2,1-3H3,(H,28,29,31)/t15-/m1/s1. The van der Waals surface area contributed by atoms with Crippen molar-refractivity contribution < 1.29 is 13.9 Å². The van der Waals surface area contributed by atoms with Crippen LogP contribution in [0.15, 0.2) is 61.3 Å². The quantitative estimate of drug-likeness (QED) is 0.372. The van der Waals surface area contributed by atoms with Crippen molar-refractivity contribution in [2.75, 3.05) is 19.0 Å². The van der Waals surface area contributed by atoms with E-state index >= 15 is 4.39 Å². The lowest BCUT2D eigenvalue weighted by molar-refractivity contribution is 0.0931. The van der Waals surface area contributed by atoms with Gasteiger partial charge in [0, 0.05) is 37.5 Å². The molecule has 1 N–H and O–H groups in total. The number of hydrogen-bond acceptors (Lipinski definition) is 7. The van der Waals surface area contributed by atoms with Crippen LogP contribution < -0.4 is 10.1 Å². The molecule has 0 unspecified atom stereocenters. The first-order valence-electron chi connectivity index (χ1n) is 10.8. The van der Waals surface area contributed by atoms with E-state index in [-0.39, 0.29) is 11.8 Å². The van der Waals surface area contributed by atoms with Gasteiger partial charge in [-0.15, -0.1) is 0 Å². The molecule has 8 nitrogen and oxygen atoms in total. The molecule has 0 saturated carbocycles. The Morgan fingerprint density at radius 2 is 1.97 bits per heavy atom. The fourth-order valence-electron chi connectivity index (χ4n) is 3.90. The number of rotatable bonds is 7. The molecule has 0 aliphatic carbocycles. The van der Waals surface area contributed by atoms with Gasteiger partial charge in [0.25, 0.3) is 0 Å². The van der Waals surface area contributed by atoms with Gasteiger partial charge in [-0.25, -0.2) is 14.4 Å².